The largest absolute Gasteiger partial charge is 0.325 e. The summed E-state index contributed by atoms with van der Waals surface area (Å²) in [6.07, 6.45) is 5.92. The van der Waals surface area contributed by atoms with E-state index in [4.69, 9.17) is 0 Å². The number of hydrogen-bond donors (Lipinski definition) is 2. The zero-order valence-electron chi connectivity index (χ0n) is 14.9. The summed E-state index contributed by atoms with van der Waals surface area (Å²) < 4.78 is 1.53. The van der Waals surface area contributed by atoms with E-state index in [1.54, 1.807) is 42.9 Å². The number of amides is 1. The molecule has 3 aromatic heterocycles. The van der Waals surface area contributed by atoms with Crippen LogP contribution in [0.4, 0.5) is 5.69 Å². The van der Waals surface area contributed by atoms with E-state index in [0.717, 1.165) is 0 Å². The van der Waals surface area contributed by atoms with Gasteiger partial charge in [-0.2, -0.15) is 5.10 Å². The van der Waals surface area contributed by atoms with Crippen molar-refractivity contribution >= 4 is 22.5 Å². The third-order valence-corrected chi connectivity index (χ3v) is 4.16. The summed E-state index contributed by atoms with van der Waals surface area (Å²) in [7, 11) is 0. The van der Waals surface area contributed by atoms with Crippen LogP contribution in [0.2, 0.25) is 0 Å². The number of hydrogen-bond acceptors (Lipinski definition) is 6. The topological polar surface area (TPSA) is 118 Å². The molecule has 4 aromatic rings. The van der Waals surface area contributed by atoms with E-state index in [2.05, 4.69) is 30.4 Å². The van der Waals surface area contributed by atoms with Crippen molar-refractivity contribution in [2.24, 2.45) is 0 Å². The van der Waals surface area contributed by atoms with Crippen LogP contribution in [0.15, 0.2) is 60.0 Å². The summed E-state index contributed by atoms with van der Waals surface area (Å²) in [5.74, 6) is 1.07. The highest BCUT2D eigenvalue weighted by atomic mass is 16.1. The summed E-state index contributed by atoms with van der Waals surface area (Å²) in [4.78, 5) is 39.5. The molecule has 28 heavy (non-hydrogen) atoms. The number of para-hydroxylation sites is 1. The van der Waals surface area contributed by atoms with Gasteiger partial charge in [-0.25, -0.2) is 19.6 Å². The first-order chi connectivity index (χ1) is 13.7. The van der Waals surface area contributed by atoms with Crippen molar-refractivity contribution in [2.75, 3.05) is 5.32 Å². The number of nitrogens with one attached hydrogen (secondary N) is 2. The van der Waals surface area contributed by atoms with Crippen LogP contribution in [0.1, 0.15) is 18.7 Å². The second kappa shape index (κ2) is 7.78. The number of aromatic amines is 1. The average molecular weight is 375 g/mol. The van der Waals surface area contributed by atoms with Crippen molar-refractivity contribution in [2.45, 2.75) is 19.3 Å². The Morgan fingerprint density at radius 1 is 1.18 bits per heavy atom. The first kappa shape index (κ1) is 17.5. The van der Waals surface area contributed by atoms with Crippen LogP contribution >= 0.6 is 0 Å². The van der Waals surface area contributed by atoms with Gasteiger partial charge in [0.25, 0.3) is 5.56 Å². The lowest BCUT2D eigenvalue weighted by Crippen LogP contribution is -2.14. The van der Waals surface area contributed by atoms with Crippen LogP contribution in [0.25, 0.3) is 16.7 Å². The van der Waals surface area contributed by atoms with E-state index in [0.29, 0.717) is 47.5 Å². The number of aromatic nitrogens is 6. The summed E-state index contributed by atoms with van der Waals surface area (Å²) in [5, 5.41) is 7.36. The van der Waals surface area contributed by atoms with Crippen molar-refractivity contribution in [1.82, 2.24) is 29.7 Å². The van der Waals surface area contributed by atoms with Gasteiger partial charge < -0.3 is 10.3 Å². The third kappa shape index (κ3) is 3.93. The second-order valence-corrected chi connectivity index (χ2v) is 6.18. The van der Waals surface area contributed by atoms with E-state index in [9.17, 15) is 9.59 Å². The van der Waals surface area contributed by atoms with Gasteiger partial charge in [0.05, 0.1) is 22.8 Å². The SMILES string of the molecule is O=C(CCCc1nc2ccccc2c(=O)[nH]1)Nc1ccc(-n2cncn2)nc1. The molecule has 0 radical (unpaired) electrons. The molecule has 1 amide bonds. The number of fused-ring (bicyclic) bond motifs is 1. The van der Waals surface area contributed by atoms with E-state index in [1.165, 1.54) is 11.0 Å². The number of H-pyrrole nitrogens is 1. The van der Waals surface area contributed by atoms with Crippen molar-refractivity contribution in [3.05, 3.63) is 71.4 Å². The maximum atomic E-state index is 12.1. The number of pyridine rings is 1. The molecule has 9 nitrogen and oxygen atoms in total. The monoisotopic (exact) mass is 375 g/mol. The molecule has 4 rings (SSSR count). The number of benzene rings is 1. The van der Waals surface area contributed by atoms with Gasteiger partial charge in [0.1, 0.15) is 18.5 Å². The van der Waals surface area contributed by atoms with Crippen molar-refractivity contribution in [3.63, 3.8) is 0 Å². The Morgan fingerprint density at radius 2 is 2.07 bits per heavy atom. The van der Waals surface area contributed by atoms with Gasteiger partial charge in [0, 0.05) is 12.8 Å². The smallest absolute Gasteiger partial charge is 0.258 e. The van der Waals surface area contributed by atoms with Gasteiger partial charge in [-0.15, -0.1) is 0 Å². The number of anilines is 1. The van der Waals surface area contributed by atoms with Gasteiger partial charge in [0.2, 0.25) is 5.91 Å². The Hall–Kier alpha value is -3.88. The lowest BCUT2D eigenvalue weighted by atomic mass is 10.2. The van der Waals surface area contributed by atoms with Crippen LogP contribution in [-0.4, -0.2) is 35.6 Å². The average Bonchev–Trinajstić information content (AvgIpc) is 3.23. The number of aryl methyl sites for hydroxylation is 1. The van der Waals surface area contributed by atoms with Crippen LogP contribution < -0.4 is 10.9 Å². The summed E-state index contributed by atoms with van der Waals surface area (Å²) in [6.45, 7) is 0. The molecule has 2 N–H and O–H groups in total. The zero-order chi connectivity index (χ0) is 19.3. The fourth-order valence-electron chi connectivity index (χ4n) is 2.82. The normalized spacial score (nSPS) is 10.9. The van der Waals surface area contributed by atoms with E-state index < -0.39 is 0 Å². The molecule has 0 atom stereocenters. The molecule has 140 valence electrons. The third-order valence-electron chi connectivity index (χ3n) is 4.16. The molecule has 0 spiro atoms. The molecular weight excluding hydrogens is 358 g/mol. The van der Waals surface area contributed by atoms with Crippen LogP contribution in [0.5, 0.6) is 0 Å². The molecule has 0 aliphatic carbocycles. The van der Waals surface area contributed by atoms with Gasteiger partial charge in [0.15, 0.2) is 5.82 Å². The molecule has 0 aliphatic rings. The van der Waals surface area contributed by atoms with Gasteiger partial charge in [-0.3, -0.25) is 9.59 Å². The second-order valence-electron chi connectivity index (χ2n) is 6.18. The Kier molecular flexibility index (Phi) is 4.87. The molecule has 1 aromatic carbocycles. The lowest BCUT2D eigenvalue weighted by molar-refractivity contribution is -0.116. The maximum Gasteiger partial charge on any atom is 0.258 e. The zero-order valence-corrected chi connectivity index (χ0v) is 14.9. The van der Waals surface area contributed by atoms with E-state index in [-0.39, 0.29) is 11.5 Å². The Morgan fingerprint density at radius 3 is 2.86 bits per heavy atom. The van der Waals surface area contributed by atoms with Crippen LogP contribution in [-0.2, 0) is 11.2 Å². The van der Waals surface area contributed by atoms with E-state index in [1.807, 2.05) is 6.07 Å². The molecule has 0 fully saturated rings. The molecule has 3 heterocycles. The summed E-state index contributed by atoms with van der Waals surface area (Å²) in [6, 6.07) is 10.7. The van der Waals surface area contributed by atoms with Gasteiger partial charge in [-0.05, 0) is 30.7 Å². The number of carbonyl (C=O) groups excluding carboxylic acids is 1. The highest BCUT2D eigenvalue weighted by Gasteiger charge is 2.07. The lowest BCUT2D eigenvalue weighted by Gasteiger charge is -2.06. The predicted octanol–water partition coefficient (Wildman–Crippen LogP) is 1.86. The standard InChI is InChI=1S/C19H17N7O2/c27-18(23-13-8-9-17(21-10-13)26-12-20-11-22-26)7-3-6-16-24-15-5-2-1-4-14(15)19(28)25-16/h1-2,4-5,8-12H,3,6-7H2,(H,23,27)(H,24,25,28). The molecule has 0 aliphatic heterocycles. The summed E-state index contributed by atoms with van der Waals surface area (Å²) >= 11 is 0. The molecule has 0 saturated heterocycles. The highest BCUT2D eigenvalue weighted by molar-refractivity contribution is 5.90. The molecule has 0 unspecified atom stereocenters. The van der Waals surface area contributed by atoms with Crippen molar-refractivity contribution in [1.29, 1.82) is 0 Å². The Bertz CT molecular complexity index is 1150. The van der Waals surface area contributed by atoms with E-state index >= 15 is 0 Å². The quantitative estimate of drug-likeness (QED) is 0.531. The van der Waals surface area contributed by atoms with Crippen molar-refractivity contribution in [3.8, 4) is 5.82 Å². The van der Waals surface area contributed by atoms with Gasteiger partial charge >= 0.3 is 0 Å². The fraction of sp³-hybridized carbons (Fsp3) is 0.158. The maximum absolute atomic E-state index is 12.1. The minimum atomic E-state index is -0.163. The minimum absolute atomic E-state index is 0.126. The first-order valence-corrected chi connectivity index (χ1v) is 8.78. The van der Waals surface area contributed by atoms with Crippen LogP contribution in [0, 0.1) is 0 Å². The Balaban J connectivity index is 1.32. The predicted molar refractivity (Wildman–Crippen MR) is 103 cm³/mol. The minimum Gasteiger partial charge on any atom is -0.325 e. The summed E-state index contributed by atoms with van der Waals surface area (Å²) in [5.41, 5.74) is 1.10. The molecule has 9 heteroatoms. The number of rotatable bonds is 6. The van der Waals surface area contributed by atoms with Crippen LogP contribution in [0.3, 0.4) is 0 Å². The number of nitrogens with zero attached hydrogens (tertiary/aromatic N) is 5. The number of carbonyl (C=O) groups is 1. The fourth-order valence-corrected chi connectivity index (χ4v) is 2.82. The molecule has 0 saturated carbocycles. The molecule has 0 bridgehead atoms. The van der Waals surface area contributed by atoms with Gasteiger partial charge in [-0.1, -0.05) is 12.1 Å². The highest BCUT2D eigenvalue weighted by Crippen LogP contribution is 2.11. The Labute approximate surface area is 159 Å². The molecular formula is C19H17N7O2. The van der Waals surface area contributed by atoms with Crippen molar-refractivity contribution < 1.29 is 4.79 Å². The first-order valence-electron chi connectivity index (χ1n) is 8.78.